The fourth-order valence-corrected chi connectivity index (χ4v) is 3.44. The number of amides is 2. The number of rotatable bonds is 4. The number of aliphatic hydroxyl groups excluding tert-OH is 1. The van der Waals surface area contributed by atoms with Gasteiger partial charge in [-0.1, -0.05) is 12.8 Å². The molecule has 1 aliphatic carbocycles. The van der Waals surface area contributed by atoms with Gasteiger partial charge < -0.3 is 20.4 Å². The molecule has 0 aromatic heterocycles. The lowest BCUT2D eigenvalue weighted by Gasteiger charge is -2.38. The number of carboxylic acids is 1. The van der Waals surface area contributed by atoms with Crippen LogP contribution in [0.4, 0.5) is 4.79 Å². The Labute approximate surface area is 119 Å². The van der Waals surface area contributed by atoms with E-state index in [1.807, 2.05) is 0 Å². The van der Waals surface area contributed by atoms with Crippen molar-refractivity contribution in [2.45, 2.75) is 62.9 Å². The van der Waals surface area contributed by atoms with Crippen molar-refractivity contribution in [2.24, 2.45) is 0 Å². The zero-order valence-electron chi connectivity index (χ0n) is 11.8. The van der Waals surface area contributed by atoms with Gasteiger partial charge in [-0.3, -0.25) is 4.79 Å². The van der Waals surface area contributed by atoms with Gasteiger partial charge in [0.05, 0.1) is 24.6 Å². The number of hydrogen-bond donors (Lipinski definition) is 3. The quantitative estimate of drug-likeness (QED) is 0.726. The second-order valence-corrected chi connectivity index (χ2v) is 6.01. The average Bonchev–Trinajstić information content (AvgIpc) is 2.85. The van der Waals surface area contributed by atoms with Crippen LogP contribution in [0.25, 0.3) is 0 Å². The molecule has 0 aromatic carbocycles. The van der Waals surface area contributed by atoms with E-state index < -0.39 is 11.5 Å². The molecule has 1 heterocycles. The molecule has 2 rings (SSSR count). The molecule has 3 N–H and O–H groups in total. The molecule has 0 radical (unpaired) electrons. The highest BCUT2D eigenvalue weighted by atomic mass is 16.4. The maximum Gasteiger partial charge on any atom is 0.318 e. The molecule has 20 heavy (non-hydrogen) atoms. The van der Waals surface area contributed by atoms with E-state index in [0.29, 0.717) is 6.54 Å². The number of likely N-dealkylation sites (tertiary alicyclic amines) is 1. The van der Waals surface area contributed by atoms with Crippen LogP contribution in [-0.2, 0) is 4.79 Å². The Kier molecular flexibility index (Phi) is 4.86. The first-order chi connectivity index (χ1) is 9.56. The van der Waals surface area contributed by atoms with Crippen molar-refractivity contribution in [1.29, 1.82) is 0 Å². The highest BCUT2D eigenvalue weighted by molar-refractivity contribution is 5.77. The van der Waals surface area contributed by atoms with Crippen LogP contribution in [0.2, 0.25) is 0 Å². The maximum atomic E-state index is 12.4. The molecule has 1 unspecified atom stereocenters. The Hall–Kier alpha value is -1.30. The molecule has 114 valence electrons. The van der Waals surface area contributed by atoms with Crippen molar-refractivity contribution in [2.75, 3.05) is 13.2 Å². The monoisotopic (exact) mass is 284 g/mol. The molecule has 0 spiro atoms. The highest BCUT2D eigenvalue weighted by Crippen LogP contribution is 2.33. The van der Waals surface area contributed by atoms with Crippen LogP contribution in [0.1, 0.15) is 51.4 Å². The second kappa shape index (κ2) is 6.43. The predicted molar refractivity (Wildman–Crippen MR) is 73.4 cm³/mol. The maximum absolute atomic E-state index is 12.4. The van der Waals surface area contributed by atoms with Gasteiger partial charge in [-0.25, -0.2) is 4.79 Å². The lowest BCUT2D eigenvalue weighted by Crippen LogP contribution is -2.57. The molecular weight excluding hydrogens is 260 g/mol. The number of carbonyl (C=O) groups excluding carboxylic acids is 1. The molecule has 1 aliphatic heterocycles. The Morgan fingerprint density at radius 2 is 1.90 bits per heavy atom. The Bertz CT molecular complexity index is 366. The fourth-order valence-electron chi connectivity index (χ4n) is 3.44. The number of carbonyl (C=O) groups is 2. The third-order valence-electron chi connectivity index (χ3n) is 4.52. The Morgan fingerprint density at radius 3 is 2.50 bits per heavy atom. The van der Waals surface area contributed by atoms with Crippen LogP contribution < -0.4 is 5.32 Å². The van der Waals surface area contributed by atoms with E-state index in [4.69, 9.17) is 5.11 Å². The van der Waals surface area contributed by atoms with Crippen LogP contribution in [0.5, 0.6) is 0 Å². The standard InChI is InChI=1S/C14H24N2O4/c17-10-11-5-1-4-8-16(11)13(20)15-14(9-12(18)19)6-2-3-7-14/h11,17H,1-10H2,(H,15,20)(H,18,19). The number of nitrogens with zero attached hydrogens (tertiary/aromatic N) is 1. The predicted octanol–water partition coefficient (Wildman–Crippen LogP) is 1.33. The topological polar surface area (TPSA) is 89.9 Å². The first kappa shape index (κ1) is 15.1. The van der Waals surface area contributed by atoms with Crippen LogP contribution in [0.3, 0.4) is 0 Å². The van der Waals surface area contributed by atoms with Crippen molar-refractivity contribution in [3.63, 3.8) is 0 Å². The second-order valence-electron chi connectivity index (χ2n) is 6.01. The molecule has 6 heteroatoms. The Balaban J connectivity index is 2.02. The van der Waals surface area contributed by atoms with Gasteiger partial charge in [0.15, 0.2) is 0 Å². The van der Waals surface area contributed by atoms with Crippen molar-refractivity contribution >= 4 is 12.0 Å². The number of nitrogens with one attached hydrogen (secondary N) is 1. The van der Waals surface area contributed by atoms with Crippen LogP contribution >= 0.6 is 0 Å². The van der Waals surface area contributed by atoms with E-state index in [1.54, 1.807) is 4.90 Å². The fraction of sp³-hybridized carbons (Fsp3) is 0.857. The SMILES string of the molecule is O=C(O)CC1(NC(=O)N2CCCCC2CO)CCCC1. The summed E-state index contributed by atoms with van der Waals surface area (Å²) in [5.41, 5.74) is -0.597. The van der Waals surface area contributed by atoms with Crippen LogP contribution in [0.15, 0.2) is 0 Å². The zero-order valence-corrected chi connectivity index (χ0v) is 11.8. The summed E-state index contributed by atoms with van der Waals surface area (Å²) < 4.78 is 0. The van der Waals surface area contributed by atoms with Gasteiger partial charge in [0.2, 0.25) is 0 Å². The lowest BCUT2D eigenvalue weighted by atomic mass is 9.93. The number of hydrogen-bond acceptors (Lipinski definition) is 3. The summed E-state index contributed by atoms with van der Waals surface area (Å²) in [4.78, 5) is 25.1. The summed E-state index contributed by atoms with van der Waals surface area (Å²) in [6.45, 7) is 0.611. The molecule has 0 aromatic rings. The number of urea groups is 1. The van der Waals surface area contributed by atoms with Gasteiger partial charge in [0, 0.05) is 6.54 Å². The molecule has 0 bridgehead atoms. The van der Waals surface area contributed by atoms with Gasteiger partial charge in [-0.05, 0) is 32.1 Å². The largest absolute Gasteiger partial charge is 0.481 e. The molecular formula is C14H24N2O4. The number of aliphatic carboxylic acids is 1. The third kappa shape index (κ3) is 3.42. The Morgan fingerprint density at radius 1 is 1.20 bits per heavy atom. The normalized spacial score (nSPS) is 25.4. The summed E-state index contributed by atoms with van der Waals surface area (Å²) in [6.07, 6.45) is 6.12. The highest BCUT2D eigenvalue weighted by Gasteiger charge is 2.39. The lowest BCUT2D eigenvalue weighted by molar-refractivity contribution is -0.138. The molecule has 1 saturated heterocycles. The average molecular weight is 284 g/mol. The molecule has 1 atom stereocenters. The van der Waals surface area contributed by atoms with E-state index in [2.05, 4.69) is 5.32 Å². The third-order valence-corrected chi connectivity index (χ3v) is 4.52. The molecule has 2 amide bonds. The van der Waals surface area contributed by atoms with Crippen LogP contribution in [0, 0.1) is 0 Å². The van der Waals surface area contributed by atoms with Gasteiger partial charge in [0.1, 0.15) is 0 Å². The van der Waals surface area contributed by atoms with E-state index in [-0.39, 0.29) is 25.1 Å². The summed E-state index contributed by atoms with van der Waals surface area (Å²) in [5, 5.41) is 21.4. The van der Waals surface area contributed by atoms with Crippen LogP contribution in [-0.4, -0.2) is 51.8 Å². The molecule has 2 fully saturated rings. The zero-order chi connectivity index (χ0) is 14.6. The summed E-state index contributed by atoms with van der Waals surface area (Å²) in [5.74, 6) is -0.871. The van der Waals surface area contributed by atoms with Crippen molar-refractivity contribution in [3.8, 4) is 0 Å². The summed E-state index contributed by atoms with van der Waals surface area (Å²) >= 11 is 0. The van der Waals surface area contributed by atoms with Gasteiger partial charge in [-0.2, -0.15) is 0 Å². The van der Waals surface area contributed by atoms with Crippen molar-refractivity contribution in [3.05, 3.63) is 0 Å². The summed E-state index contributed by atoms with van der Waals surface area (Å²) in [7, 11) is 0. The first-order valence-electron chi connectivity index (χ1n) is 7.48. The smallest absolute Gasteiger partial charge is 0.318 e. The van der Waals surface area contributed by atoms with Crippen molar-refractivity contribution < 1.29 is 19.8 Å². The van der Waals surface area contributed by atoms with E-state index >= 15 is 0 Å². The van der Waals surface area contributed by atoms with Crippen molar-refractivity contribution in [1.82, 2.24) is 10.2 Å². The number of piperidine rings is 1. The van der Waals surface area contributed by atoms with Gasteiger partial charge >= 0.3 is 12.0 Å². The van der Waals surface area contributed by atoms with Gasteiger partial charge in [0.25, 0.3) is 0 Å². The minimum absolute atomic E-state index is 0.0175. The van der Waals surface area contributed by atoms with Gasteiger partial charge in [-0.15, -0.1) is 0 Å². The molecule has 1 saturated carbocycles. The minimum Gasteiger partial charge on any atom is -0.481 e. The van der Waals surface area contributed by atoms with E-state index in [9.17, 15) is 14.7 Å². The molecule has 6 nitrogen and oxygen atoms in total. The summed E-state index contributed by atoms with van der Waals surface area (Å²) in [6, 6.07) is -0.348. The minimum atomic E-state index is -0.871. The van der Waals surface area contributed by atoms with E-state index in [0.717, 1.165) is 44.9 Å². The van der Waals surface area contributed by atoms with E-state index in [1.165, 1.54) is 0 Å². The first-order valence-corrected chi connectivity index (χ1v) is 7.48. The number of carboxylic acid groups (broad SMARTS) is 1. The number of aliphatic hydroxyl groups is 1. The molecule has 2 aliphatic rings.